The number of H-pyrrole nitrogens is 1. The normalized spacial score (nSPS) is 13.0. The van der Waals surface area contributed by atoms with Crippen molar-refractivity contribution in [2.75, 3.05) is 0 Å². The molecule has 0 bridgehead atoms. The molecule has 2 rings (SSSR count). The summed E-state index contributed by atoms with van der Waals surface area (Å²) in [6.07, 6.45) is 2.80. The number of aromatic nitrogens is 4. The van der Waals surface area contributed by atoms with Crippen LogP contribution >= 0.6 is 27.3 Å². The number of hydrogen-bond donors (Lipinski definition) is 1. The SMILES string of the molecule is CCC(Br)c1nnc(-c2cn[nH]c2C)s1. The van der Waals surface area contributed by atoms with Gasteiger partial charge in [-0.05, 0) is 13.3 Å². The van der Waals surface area contributed by atoms with Crippen LogP contribution in [0.15, 0.2) is 6.20 Å². The topological polar surface area (TPSA) is 54.5 Å². The number of aromatic amines is 1. The summed E-state index contributed by atoms with van der Waals surface area (Å²) in [5, 5.41) is 17.1. The Morgan fingerprint density at radius 2 is 2.33 bits per heavy atom. The molecule has 0 amide bonds. The number of nitrogens with zero attached hydrogens (tertiary/aromatic N) is 3. The lowest BCUT2D eigenvalue weighted by Gasteiger charge is -1.97. The monoisotopic (exact) mass is 286 g/mol. The lowest BCUT2D eigenvalue weighted by molar-refractivity contribution is 0.870. The van der Waals surface area contributed by atoms with Gasteiger partial charge in [-0.25, -0.2) is 0 Å². The molecule has 1 unspecified atom stereocenters. The molecule has 0 saturated heterocycles. The van der Waals surface area contributed by atoms with Crippen LogP contribution in [0.5, 0.6) is 0 Å². The average molecular weight is 287 g/mol. The van der Waals surface area contributed by atoms with E-state index in [1.807, 2.05) is 6.92 Å². The van der Waals surface area contributed by atoms with E-state index in [0.29, 0.717) is 4.83 Å². The highest BCUT2D eigenvalue weighted by Crippen LogP contribution is 2.32. The van der Waals surface area contributed by atoms with Gasteiger partial charge in [0.05, 0.1) is 16.6 Å². The third-order valence-corrected chi connectivity index (χ3v) is 4.58. The van der Waals surface area contributed by atoms with Gasteiger partial charge in [0.25, 0.3) is 0 Å². The Labute approximate surface area is 100 Å². The van der Waals surface area contributed by atoms with Crippen LogP contribution in [0.1, 0.15) is 28.9 Å². The minimum atomic E-state index is 0.302. The fourth-order valence-electron chi connectivity index (χ4n) is 1.21. The maximum atomic E-state index is 4.17. The van der Waals surface area contributed by atoms with Crippen molar-refractivity contribution in [3.05, 3.63) is 16.9 Å². The lowest BCUT2D eigenvalue weighted by atomic mass is 10.3. The highest BCUT2D eigenvalue weighted by atomic mass is 79.9. The van der Waals surface area contributed by atoms with Crippen molar-refractivity contribution in [1.29, 1.82) is 0 Å². The molecule has 6 heteroatoms. The molecule has 4 nitrogen and oxygen atoms in total. The summed E-state index contributed by atoms with van der Waals surface area (Å²) in [6.45, 7) is 4.10. The van der Waals surface area contributed by atoms with E-state index >= 15 is 0 Å². The van der Waals surface area contributed by atoms with Crippen LogP contribution in [-0.2, 0) is 0 Å². The maximum Gasteiger partial charge on any atom is 0.151 e. The van der Waals surface area contributed by atoms with Crippen molar-refractivity contribution in [3.63, 3.8) is 0 Å². The maximum absolute atomic E-state index is 4.17. The van der Waals surface area contributed by atoms with E-state index in [1.54, 1.807) is 17.5 Å². The number of rotatable bonds is 3. The number of nitrogens with one attached hydrogen (secondary N) is 1. The molecule has 1 atom stereocenters. The molecule has 2 aromatic rings. The molecule has 1 N–H and O–H groups in total. The molecular formula is C9H11BrN4S. The Balaban J connectivity index is 2.32. The lowest BCUT2D eigenvalue weighted by Crippen LogP contribution is -1.84. The Morgan fingerprint density at radius 1 is 1.53 bits per heavy atom. The highest BCUT2D eigenvalue weighted by Gasteiger charge is 2.14. The van der Waals surface area contributed by atoms with Crippen molar-refractivity contribution in [2.45, 2.75) is 25.1 Å². The fraction of sp³-hybridized carbons (Fsp3) is 0.444. The average Bonchev–Trinajstić information content (AvgIpc) is 2.84. The third kappa shape index (κ3) is 2.10. The number of alkyl halides is 1. The highest BCUT2D eigenvalue weighted by molar-refractivity contribution is 9.09. The first kappa shape index (κ1) is 10.8. The fourth-order valence-corrected chi connectivity index (χ4v) is 2.55. The van der Waals surface area contributed by atoms with Gasteiger partial charge in [0.2, 0.25) is 0 Å². The molecule has 0 spiro atoms. The van der Waals surface area contributed by atoms with Crippen molar-refractivity contribution in [2.24, 2.45) is 0 Å². The van der Waals surface area contributed by atoms with Gasteiger partial charge >= 0.3 is 0 Å². The summed E-state index contributed by atoms with van der Waals surface area (Å²) in [5.74, 6) is 0. The van der Waals surface area contributed by atoms with Crippen LogP contribution in [-0.4, -0.2) is 20.4 Å². The van der Waals surface area contributed by atoms with Crippen LogP contribution in [0.25, 0.3) is 10.6 Å². The first-order valence-electron chi connectivity index (χ1n) is 4.70. The molecule has 80 valence electrons. The zero-order chi connectivity index (χ0) is 10.8. The first-order chi connectivity index (χ1) is 7.22. The second-order valence-corrected chi connectivity index (χ2v) is 5.34. The van der Waals surface area contributed by atoms with Crippen LogP contribution in [0.4, 0.5) is 0 Å². The van der Waals surface area contributed by atoms with Gasteiger partial charge in [0.15, 0.2) is 5.01 Å². The summed E-state index contributed by atoms with van der Waals surface area (Å²) in [7, 11) is 0. The second kappa shape index (κ2) is 4.40. The molecule has 0 aromatic carbocycles. The molecule has 0 saturated carbocycles. The van der Waals surface area contributed by atoms with E-state index in [1.165, 1.54) is 0 Å². The van der Waals surface area contributed by atoms with Gasteiger partial charge in [0, 0.05) is 5.69 Å². The van der Waals surface area contributed by atoms with E-state index in [4.69, 9.17) is 0 Å². The van der Waals surface area contributed by atoms with E-state index in [9.17, 15) is 0 Å². The minimum Gasteiger partial charge on any atom is -0.282 e. The predicted octanol–water partition coefficient (Wildman–Crippen LogP) is 3.08. The van der Waals surface area contributed by atoms with Gasteiger partial charge in [0.1, 0.15) is 5.01 Å². The summed E-state index contributed by atoms with van der Waals surface area (Å²) >= 11 is 5.17. The van der Waals surface area contributed by atoms with Gasteiger partial charge in [-0.1, -0.05) is 34.2 Å². The van der Waals surface area contributed by atoms with Crippen LogP contribution < -0.4 is 0 Å². The van der Waals surface area contributed by atoms with Gasteiger partial charge < -0.3 is 0 Å². The van der Waals surface area contributed by atoms with E-state index in [2.05, 4.69) is 43.2 Å². The summed E-state index contributed by atoms with van der Waals surface area (Å²) in [6, 6.07) is 0. The smallest absolute Gasteiger partial charge is 0.151 e. The Bertz CT molecular complexity index is 450. The van der Waals surface area contributed by atoms with Crippen molar-refractivity contribution in [3.8, 4) is 10.6 Å². The summed E-state index contributed by atoms with van der Waals surface area (Å²) in [4.78, 5) is 0.302. The van der Waals surface area contributed by atoms with Gasteiger partial charge in [-0.2, -0.15) is 5.10 Å². The molecule has 0 fully saturated rings. The summed E-state index contributed by atoms with van der Waals surface area (Å²) < 4.78 is 0. The zero-order valence-electron chi connectivity index (χ0n) is 8.49. The van der Waals surface area contributed by atoms with Gasteiger partial charge in [-0.3, -0.25) is 5.10 Å². The number of aryl methyl sites for hydroxylation is 1. The first-order valence-corrected chi connectivity index (χ1v) is 6.43. The molecule has 0 aliphatic heterocycles. The second-order valence-electron chi connectivity index (χ2n) is 3.23. The van der Waals surface area contributed by atoms with Crippen molar-refractivity contribution >= 4 is 27.3 Å². The third-order valence-electron chi connectivity index (χ3n) is 2.13. The van der Waals surface area contributed by atoms with Crippen molar-refractivity contribution in [1.82, 2.24) is 20.4 Å². The minimum absolute atomic E-state index is 0.302. The van der Waals surface area contributed by atoms with Crippen LogP contribution in [0.3, 0.4) is 0 Å². The van der Waals surface area contributed by atoms with Crippen molar-refractivity contribution < 1.29 is 0 Å². The Kier molecular flexibility index (Phi) is 3.16. The number of hydrogen-bond acceptors (Lipinski definition) is 4. The van der Waals surface area contributed by atoms with E-state index in [0.717, 1.165) is 27.7 Å². The molecule has 2 aromatic heterocycles. The van der Waals surface area contributed by atoms with E-state index in [-0.39, 0.29) is 0 Å². The Hall–Kier alpha value is -0.750. The quantitative estimate of drug-likeness (QED) is 0.883. The van der Waals surface area contributed by atoms with Gasteiger partial charge in [-0.15, -0.1) is 10.2 Å². The molecule has 15 heavy (non-hydrogen) atoms. The molecule has 0 aliphatic rings. The molecule has 0 aliphatic carbocycles. The molecule has 2 heterocycles. The zero-order valence-corrected chi connectivity index (χ0v) is 10.9. The van der Waals surface area contributed by atoms with Crippen LogP contribution in [0, 0.1) is 6.92 Å². The Morgan fingerprint density at radius 3 is 2.93 bits per heavy atom. The predicted molar refractivity (Wildman–Crippen MR) is 64.2 cm³/mol. The van der Waals surface area contributed by atoms with Crippen LogP contribution in [0.2, 0.25) is 0 Å². The summed E-state index contributed by atoms with van der Waals surface area (Å²) in [5.41, 5.74) is 2.06. The van der Waals surface area contributed by atoms with E-state index < -0.39 is 0 Å². The molecular weight excluding hydrogens is 276 g/mol. The number of halogens is 1. The molecule has 0 radical (unpaired) electrons. The standard InChI is InChI=1S/C9H11BrN4S/c1-3-7(10)9-14-13-8(15-9)6-4-11-12-5(6)2/h4,7H,3H2,1-2H3,(H,11,12). The largest absolute Gasteiger partial charge is 0.282 e.